The number of aromatic amines is 1. The van der Waals surface area contributed by atoms with Crippen LogP contribution >= 0.6 is 0 Å². The summed E-state index contributed by atoms with van der Waals surface area (Å²) in [5, 5.41) is 15.6. The van der Waals surface area contributed by atoms with E-state index in [9.17, 15) is 9.18 Å². The number of rotatable bonds is 5. The van der Waals surface area contributed by atoms with Gasteiger partial charge in [-0.3, -0.25) is 4.79 Å². The van der Waals surface area contributed by atoms with Crippen molar-refractivity contribution in [3.63, 3.8) is 0 Å². The third-order valence-electron chi connectivity index (χ3n) is 3.19. The van der Waals surface area contributed by atoms with Crippen LogP contribution in [0.4, 0.5) is 15.9 Å². The van der Waals surface area contributed by atoms with Gasteiger partial charge in [0.05, 0.1) is 5.69 Å². The number of benzene rings is 2. The van der Waals surface area contributed by atoms with Gasteiger partial charge in [-0.15, -0.1) is 10.2 Å². The highest BCUT2D eigenvalue weighted by Gasteiger charge is 2.17. The number of nitrogens with one attached hydrogen (secondary N) is 3. The Morgan fingerprint density at radius 2 is 1.78 bits per heavy atom. The van der Waals surface area contributed by atoms with E-state index < -0.39 is 11.7 Å². The Morgan fingerprint density at radius 1 is 1.04 bits per heavy atom. The summed E-state index contributed by atoms with van der Waals surface area (Å²) in [6, 6.07) is 15.6. The molecule has 1 amide bonds. The highest BCUT2D eigenvalue weighted by Crippen LogP contribution is 2.19. The Kier molecular flexibility index (Phi) is 4.28. The number of halogens is 1. The first-order chi connectivity index (χ1) is 11.2. The second kappa shape index (κ2) is 6.69. The van der Waals surface area contributed by atoms with Gasteiger partial charge in [-0.05, 0) is 17.7 Å². The van der Waals surface area contributed by atoms with Crippen molar-refractivity contribution in [1.29, 1.82) is 0 Å². The molecule has 0 saturated heterocycles. The summed E-state index contributed by atoms with van der Waals surface area (Å²) in [5.74, 6) is -0.673. The summed E-state index contributed by atoms with van der Waals surface area (Å²) in [6.07, 6.45) is 0. The summed E-state index contributed by atoms with van der Waals surface area (Å²) in [5.41, 5.74) is 1.26. The maximum absolute atomic E-state index is 13.7. The lowest BCUT2D eigenvalue weighted by Gasteiger charge is -2.07. The highest BCUT2D eigenvalue weighted by atomic mass is 19.1. The fourth-order valence-corrected chi connectivity index (χ4v) is 2.03. The van der Waals surface area contributed by atoms with Crippen LogP contribution in [-0.2, 0) is 6.54 Å². The number of amides is 1. The SMILES string of the molecule is O=C(NCc1ccccc1)c1n[nH]nc1Nc1ccccc1F. The van der Waals surface area contributed by atoms with Gasteiger partial charge in [0.15, 0.2) is 11.5 Å². The Bertz CT molecular complexity index is 803. The predicted molar refractivity (Wildman–Crippen MR) is 83.7 cm³/mol. The van der Waals surface area contributed by atoms with E-state index in [4.69, 9.17) is 0 Å². The Labute approximate surface area is 131 Å². The van der Waals surface area contributed by atoms with E-state index in [1.54, 1.807) is 18.2 Å². The van der Waals surface area contributed by atoms with Gasteiger partial charge in [0.25, 0.3) is 5.91 Å². The van der Waals surface area contributed by atoms with Crippen LogP contribution in [0.3, 0.4) is 0 Å². The predicted octanol–water partition coefficient (Wildman–Crippen LogP) is 2.62. The lowest BCUT2D eigenvalue weighted by atomic mass is 10.2. The Morgan fingerprint density at radius 3 is 2.57 bits per heavy atom. The van der Waals surface area contributed by atoms with Crippen molar-refractivity contribution in [3.05, 3.63) is 71.7 Å². The van der Waals surface area contributed by atoms with Gasteiger partial charge in [-0.2, -0.15) is 5.21 Å². The minimum Gasteiger partial charge on any atom is -0.346 e. The molecule has 3 aromatic rings. The molecule has 1 aromatic heterocycles. The average molecular weight is 311 g/mol. The van der Waals surface area contributed by atoms with Crippen LogP contribution in [0.2, 0.25) is 0 Å². The molecule has 23 heavy (non-hydrogen) atoms. The molecule has 0 aliphatic heterocycles. The van der Waals surface area contributed by atoms with Crippen molar-refractivity contribution in [1.82, 2.24) is 20.7 Å². The van der Waals surface area contributed by atoms with Crippen LogP contribution in [0.15, 0.2) is 54.6 Å². The molecule has 6 nitrogen and oxygen atoms in total. The molecule has 0 fully saturated rings. The van der Waals surface area contributed by atoms with Crippen molar-refractivity contribution in [2.24, 2.45) is 0 Å². The number of hydrogen-bond acceptors (Lipinski definition) is 4. The van der Waals surface area contributed by atoms with Crippen molar-refractivity contribution < 1.29 is 9.18 Å². The number of aromatic nitrogens is 3. The van der Waals surface area contributed by atoms with E-state index in [0.717, 1.165) is 5.56 Å². The average Bonchev–Trinajstić information content (AvgIpc) is 3.04. The van der Waals surface area contributed by atoms with Crippen LogP contribution in [0.25, 0.3) is 0 Å². The van der Waals surface area contributed by atoms with Crippen LogP contribution in [0, 0.1) is 5.82 Å². The third-order valence-corrected chi connectivity index (χ3v) is 3.19. The highest BCUT2D eigenvalue weighted by molar-refractivity contribution is 5.97. The summed E-state index contributed by atoms with van der Waals surface area (Å²) in [6.45, 7) is 0.367. The third kappa shape index (κ3) is 3.52. The molecular formula is C16H14FN5O. The fraction of sp³-hybridized carbons (Fsp3) is 0.0625. The van der Waals surface area contributed by atoms with Gasteiger partial charge in [0.2, 0.25) is 0 Å². The zero-order valence-corrected chi connectivity index (χ0v) is 12.1. The monoisotopic (exact) mass is 311 g/mol. The van der Waals surface area contributed by atoms with Crippen LogP contribution in [0.5, 0.6) is 0 Å². The lowest BCUT2D eigenvalue weighted by molar-refractivity contribution is 0.0946. The first kappa shape index (κ1) is 14.7. The van der Waals surface area contributed by atoms with Gasteiger partial charge in [-0.25, -0.2) is 4.39 Å². The number of para-hydroxylation sites is 1. The second-order valence-corrected chi connectivity index (χ2v) is 4.79. The Balaban J connectivity index is 1.70. The minimum absolute atomic E-state index is 0.0733. The maximum Gasteiger partial charge on any atom is 0.275 e. The van der Waals surface area contributed by atoms with Gasteiger partial charge < -0.3 is 10.6 Å². The molecule has 0 atom stereocenters. The number of nitrogens with zero attached hydrogens (tertiary/aromatic N) is 2. The van der Waals surface area contributed by atoms with Crippen LogP contribution in [-0.4, -0.2) is 21.3 Å². The van der Waals surface area contributed by atoms with E-state index in [1.165, 1.54) is 6.07 Å². The summed E-state index contributed by atoms with van der Waals surface area (Å²) in [7, 11) is 0. The molecule has 2 aromatic carbocycles. The standard InChI is InChI=1S/C16H14FN5O/c17-12-8-4-5-9-13(12)19-15-14(20-22-21-15)16(23)18-10-11-6-2-1-3-7-11/h1-9H,10H2,(H,18,23)(H2,19,20,21,22). The molecule has 7 heteroatoms. The van der Waals surface area contributed by atoms with E-state index in [2.05, 4.69) is 26.0 Å². The van der Waals surface area contributed by atoms with Gasteiger partial charge in [0.1, 0.15) is 5.82 Å². The number of carbonyl (C=O) groups excluding carboxylic acids is 1. The molecule has 1 heterocycles. The molecular weight excluding hydrogens is 297 g/mol. The number of H-pyrrole nitrogens is 1. The van der Waals surface area contributed by atoms with Crippen molar-refractivity contribution in [2.75, 3.05) is 5.32 Å². The molecule has 0 spiro atoms. The van der Waals surface area contributed by atoms with E-state index in [-0.39, 0.29) is 17.2 Å². The van der Waals surface area contributed by atoms with E-state index in [1.807, 2.05) is 30.3 Å². The van der Waals surface area contributed by atoms with E-state index in [0.29, 0.717) is 6.54 Å². The maximum atomic E-state index is 13.7. The van der Waals surface area contributed by atoms with Gasteiger partial charge >= 0.3 is 0 Å². The fourth-order valence-electron chi connectivity index (χ4n) is 2.03. The van der Waals surface area contributed by atoms with Crippen molar-refractivity contribution in [3.8, 4) is 0 Å². The van der Waals surface area contributed by atoms with Gasteiger partial charge in [0, 0.05) is 6.54 Å². The quantitative estimate of drug-likeness (QED) is 0.676. The molecule has 0 radical (unpaired) electrons. The van der Waals surface area contributed by atoms with Crippen LogP contribution < -0.4 is 10.6 Å². The summed E-state index contributed by atoms with van der Waals surface area (Å²) < 4.78 is 13.7. The molecule has 0 aliphatic carbocycles. The van der Waals surface area contributed by atoms with E-state index >= 15 is 0 Å². The molecule has 3 rings (SSSR count). The first-order valence-electron chi connectivity index (χ1n) is 6.98. The van der Waals surface area contributed by atoms with Crippen molar-refractivity contribution in [2.45, 2.75) is 6.54 Å². The molecule has 0 bridgehead atoms. The zero-order chi connectivity index (χ0) is 16.1. The normalized spacial score (nSPS) is 10.3. The molecule has 0 aliphatic rings. The lowest BCUT2D eigenvalue weighted by Crippen LogP contribution is -2.24. The summed E-state index contributed by atoms with van der Waals surface area (Å²) in [4.78, 5) is 12.2. The largest absolute Gasteiger partial charge is 0.346 e. The number of hydrogen-bond donors (Lipinski definition) is 3. The minimum atomic E-state index is -0.439. The van der Waals surface area contributed by atoms with Crippen molar-refractivity contribution >= 4 is 17.4 Å². The smallest absolute Gasteiger partial charge is 0.275 e. The molecule has 0 unspecified atom stereocenters. The molecule has 116 valence electrons. The number of anilines is 2. The molecule has 3 N–H and O–H groups in total. The Hall–Kier alpha value is -3.22. The topological polar surface area (TPSA) is 82.7 Å². The number of carbonyl (C=O) groups is 1. The van der Waals surface area contributed by atoms with Gasteiger partial charge in [-0.1, -0.05) is 42.5 Å². The first-order valence-corrected chi connectivity index (χ1v) is 6.98. The molecule has 0 saturated carbocycles. The summed E-state index contributed by atoms with van der Waals surface area (Å²) >= 11 is 0. The van der Waals surface area contributed by atoms with Crippen LogP contribution in [0.1, 0.15) is 16.1 Å². The second-order valence-electron chi connectivity index (χ2n) is 4.79. The zero-order valence-electron chi connectivity index (χ0n) is 12.1.